The maximum Gasteiger partial charge on any atom is 0.306 e. The first kappa shape index (κ1) is 18.3. The maximum atomic E-state index is 11.1. The summed E-state index contributed by atoms with van der Waals surface area (Å²) in [5.74, 6) is -0.967. The second-order valence-electron chi connectivity index (χ2n) is 7.84. The van der Waals surface area contributed by atoms with Gasteiger partial charge in [-0.25, -0.2) is 0 Å². The van der Waals surface area contributed by atoms with Crippen molar-refractivity contribution in [1.82, 2.24) is 9.97 Å². The van der Waals surface area contributed by atoms with Crippen LogP contribution in [-0.2, 0) is 11.2 Å². The van der Waals surface area contributed by atoms with Crippen molar-refractivity contribution in [3.63, 3.8) is 0 Å². The van der Waals surface area contributed by atoms with Crippen LogP contribution in [-0.4, -0.2) is 27.1 Å². The first-order valence-electron chi connectivity index (χ1n) is 9.95. The maximum absolute atomic E-state index is 11.1. The minimum absolute atomic E-state index is 0.00963. The molecule has 0 spiro atoms. The molecule has 2 N–H and O–H groups in total. The van der Waals surface area contributed by atoms with Crippen LogP contribution in [0.5, 0.6) is 6.01 Å². The van der Waals surface area contributed by atoms with E-state index in [0.29, 0.717) is 23.9 Å². The lowest BCUT2D eigenvalue weighted by atomic mass is 9.87. The van der Waals surface area contributed by atoms with Crippen LogP contribution in [0.15, 0.2) is 36.4 Å². The molecule has 2 aliphatic carbocycles. The molecule has 0 bridgehead atoms. The number of aliphatic carboxylic acids is 1. The molecular formula is C23H21ClN2O3. The second kappa shape index (κ2) is 7.23. The van der Waals surface area contributed by atoms with Crippen molar-refractivity contribution >= 4 is 34.7 Å². The normalized spacial score (nSPS) is 20.7. The molecule has 5 nitrogen and oxygen atoms in total. The van der Waals surface area contributed by atoms with Crippen LogP contribution in [0.4, 0.5) is 0 Å². The van der Waals surface area contributed by atoms with E-state index in [1.165, 1.54) is 11.1 Å². The van der Waals surface area contributed by atoms with E-state index in [2.05, 4.69) is 40.3 Å². The highest BCUT2D eigenvalue weighted by Gasteiger charge is 2.27. The Balaban J connectivity index is 1.38. The number of ether oxygens (including phenoxy) is 1. The summed E-state index contributed by atoms with van der Waals surface area (Å²) in [6.07, 6.45) is 8.02. The molecule has 148 valence electrons. The second-order valence-corrected chi connectivity index (χ2v) is 8.25. The lowest BCUT2D eigenvalue weighted by Gasteiger charge is -2.25. The van der Waals surface area contributed by atoms with E-state index >= 15 is 0 Å². The van der Waals surface area contributed by atoms with E-state index in [1.807, 2.05) is 12.1 Å². The minimum Gasteiger partial charge on any atom is -0.481 e. The van der Waals surface area contributed by atoms with Crippen molar-refractivity contribution in [3.8, 4) is 17.1 Å². The van der Waals surface area contributed by atoms with Crippen LogP contribution in [0.3, 0.4) is 0 Å². The number of allylic oxidation sites excluding steroid dienone is 1. The van der Waals surface area contributed by atoms with Gasteiger partial charge in [0.15, 0.2) is 0 Å². The van der Waals surface area contributed by atoms with Gasteiger partial charge in [-0.15, -0.1) is 0 Å². The van der Waals surface area contributed by atoms with Gasteiger partial charge in [0.25, 0.3) is 6.01 Å². The Morgan fingerprint density at radius 1 is 1.17 bits per heavy atom. The van der Waals surface area contributed by atoms with Gasteiger partial charge in [-0.05, 0) is 67.0 Å². The third-order valence-electron chi connectivity index (χ3n) is 5.94. The Kier molecular flexibility index (Phi) is 4.55. The van der Waals surface area contributed by atoms with Crippen LogP contribution in [0.25, 0.3) is 28.2 Å². The van der Waals surface area contributed by atoms with Crippen LogP contribution < -0.4 is 4.74 Å². The predicted octanol–water partition coefficient (Wildman–Crippen LogP) is 5.47. The molecule has 29 heavy (non-hydrogen) atoms. The number of nitrogens with one attached hydrogen (secondary N) is 1. The van der Waals surface area contributed by atoms with E-state index < -0.39 is 5.97 Å². The number of aromatic amines is 1. The number of carboxylic acids is 1. The Morgan fingerprint density at radius 2 is 2.00 bits per heavy atom. The number of hydrogen-bond donors (Lipinski definition) is 2. The van der Waals surface area contributed by atoms with Crippen molar-refractivity contribution in [2.75, 3.05) is 0 Å². The van der Waals surface area contributed by atoms with Gasteiger partial charge < -0.3 is 14.8 Å². The summed E-state index contributed by atoms with van der Waals surface area (Å²) >= 11 is 6.57. The third kappa shape index (κ3) is 3.51. The van der Waals surface area contributed by atoms with Gasteiger partial charge in [0, 0.05) is 5.56 Å². The molecule has 2 aromatic carbocycles. The average molecular weight is 409 g/mol. The van der Waals surface area contributed by atoms with E-state index in [4.69, 9.17) is 21.4 Å². The first-order chi connectivity index (χ1) is 14.1. The van der Waals surface area contributed by atoms with Crippen molar-refractivity contribution in [1.29, 1.82) is 0 Å². The highest BCUT2D eigenvalue weighted by Crippen LogP contribution is 2.35. The molecule has 0 radical (unpaired) electrons. The molecule has 0 aliphatic heterocycles. The average Bonchev–Trinajstić information content (AvgIpc) is 3.33. The van der Waals surface area contributed by atoms with Crippen LogP contribution in [0.2, 0.25) is 5.02 Å². The molecule has 1 fully saturated rings. The van der Waals surface area contributed by atoms with Crippen molar-refractivity contribution in [3.05, 3.63) is 52.6 Å². The molecule has 5 rings (SSSR count). The number of carbonyl (C=O) groups is 1. The third-order valence-corrected chi connectivity index (χ3v) is 6.26. The number of hydrogen-bond acceptors (Lipinski definition) is 3. The molecule has 1 heterocycles. The number of nitrogens with zero attached hydrogens (tertiary/aromatic N) is 1. The van der Waals surface area contributed by atoms with Gasteiger partial charge in [0.2, 0.25) is 0 Å². The molecule has 0 atom stereocenters. The summed E-state index contributed by atoms with van der Waals surface area (Å²) in [6, 6.07) is 10.8. The van der Waals surface area contributed by atoms with Gasteiger partial charge in [0.05, 0.1) is 22.0 Å². The van der Waals surface area contributed by atoms with Gasteiger partial charge in [-0.1, -0.05) is 35.9 Å². The molecule has 6 heteroatoms. The summed E-state index contributed by atoms with van der Waals surface area (Å²) in [5, 5.41) is 9.79. The first-order valence-corrected chi connectivity index (χ1v) is 10.3. The van der Waals surface area contributed by atoms with Crippen molar-refractivity contribution in [2.24, 2.45) is 5.92 Å². The van der Waals surface area contributed by atoms with Crippen LogP contribution in [0.1, 0.15) is 36.8 Å². The Labute approximate surface area is 173 Å². The van der Waals surface area contributed by atoms with Crippen LogP contribution >= 0.6 is 11.6 Å². The number of carboxylic acid groups (broad SMARTS) is 1. The molecule has 0 saturated heterocycles. The monoisotopic (exact) mass is 408 g/mol. The summed E-state index contributed by atoms with van der Waals surface area (Å²) in [7, 11) is 0. The number of halogens is 1. The summed E-state index contributed by atoms with van der Waals surface area (Å²) < 4.78 is 6.00. The topological polar surface area (TPSA) is 75.2 Å². The fourth-order valence-electron chi connectivity index (χ4n) is 4.29. The smallest absolute Gasteiger partial charge is 0.306 e. The largest absolute Gasteiger partial charge is 0.481 e. The molecule has 1 aromatic heterocycles. The Morgan fingerprint density at radius 3 is 2.79 bits per heavy atom. The number of benzene rings is 2. The van der Waals surface area contributed by atoms with Gasteiger partial charge in [-0.3, -0.25) is 4.79 Å². The number of fused-ring (bicyclic) bond motifs is 2. The number of H-pyrrole nitrogens is 1. The van der Waals surface area contributed by atoms with Crippen molar-refractivity contribution < 1.29 is 14.6 Å². The fraction of sp³-hybridized carbons (Fsp3) is 0.304. The highest BCUT2D eigenvalue weighted by atomic mass is 35.5. The zero-order valence-electron chi connectivity index (χ0n) is 15.8. The molecule has 3 aromatic rings. The summed E-state index contributed by atoms with van der Waals surface area (Å²) in [6.45, 7) is 0. The molecule has 2 aliphatic rings. The number of rotatable bonds is 4. The summed E-state index contributed by atoms with van der Waals surface area (Å²) in [4.78, 5) is 18.9. The highest BCUT2D eigenvalue weighted by molar-refractivity contribution is 6.34. The minimum atomic E-state index is -0.712. The number of imidazole rings is 1. The van der Waals surface area contributed by atoms with Gasteiger partial charge in [-0.2, -0.15) is 4.98 Å². The van der Waals surface area contributed by atoms with E-state index in [-0.39, 0.29) is 12.0 Å². The van der Waals surface area contributed by atoms with Gasteiger partial charge >= 0.3 is 5.97 Å². The standard InChI is InChI=1S/C23H21ClN2O3/c24-19-12-21-20(11-18(19)16-5-4-13-2-1-3-15(13)10-16)25-23(26-21)29-17-8-6-14(7-9-17)22(27)28/h1,3-5,10-12,14,17H,2,6-9H2,(H,25,26)(H,27,28). The molecule has 1 saturated carbocycles. The zero-order valence-corrected chi connectivity index (χ0v) is 16.6. The fourth-order valence-corrected chi connectivity index (χ4v) is 4.56. The van der Waals surface area contributed by atoms with E-state index in [0.717, 1.165) is 41.4 Å². The lowest BCUT2D eigenvalue weighted by Crippen LogP contribution is -2.28. The lowest BCUT2D eigenvalue weighted by molar-refractivity contribution is -0.143. The predicted molar refractivity (Wildman–Crippen MR) is 113 cm³/mol. The molecular weight excluding hydrogens is 388 g/mol. The SMILES string of the molecule is O=C(O)C1CCC(Oc2nc3cc(-c4ccc5c(c4)C=CC5)c(Cl)cc3[nH]2)CC1. The molecule has 0 unspecified atom stereocenters. The Hall–Kier alpha value is -2.79. The van der Waals surface area contributed by atoms with E-state index in [9.17, 15) is 4.79 Å². The van der Waals surface area contributed by atoms with Crippen molar-refractivity contribution in [2.45, 2.75) is 38.2 Å². The van der Waals surface area contributed by atoms with Gasteiger partial charge in [0.1, 0.15) is 6.10 Å². The zero-order chi connectivity index (χ0) is 20.0. The van der Waals surface area contributed by atoms with E-state index in [1.54, 1.807) is 0 Å². The quantitative estimate of drug-likeness (QED) is 0.599. The number of aromatic nitrogens is 2. The van der Waals surface area contributed by atoms with Crippen LogP contribution in [0, 0.1) is 5.92 Å². The molecule has 0 amide bonds. The summed E-state index contributed by atoms with van der Waals surface area (Å²) in [5.41, 5.74) is 6.21. The Bertz CT molecular complexity index is 1130.